The van der Waals surface area contributed by atoms with Crippen molar-refractivity contribution in [1.82, 2.24) is 10.3 Å². The Balaban J connectivity index is 2.72. The van der Waals surface area contributed by atoms with E-state index in [1.54, 1.807) is 19.2 Å². The van der Waals surface area contributed by atoms with Crippen molar-refractivity contribution in [3.8, 4) is 0 Å². The quantitative estimate of drug-likeness (QED) is 0.503. The molecule has 7 heteroatoms. The summed E-state index contributed by atoms with van der Waals surface area (Å²) in [5.74, 6) is 5.42. The molecule has 2 unspecified atom stereocenters. The van der Waals surface area contributed by atoms with E-state index in [-0.39, 0.29) is 11.9 Å². The molecule has 4 N–H and O–H groups in total. The molecule has 0 aliphatic heterocycles. The van der Waals surface area contributed by atoms with Crippen molar-refractivity contribution in [2.45, 2.75) is 13.0 Å². The minimum absolute atomic E-state index is 0.167. The van der Waals surface area contributed by atoms with Gasteiger partial charge in [0.1, 0.15) is 0 Å². The number of carbonyl (C=O) groups is 1. The van der Waals surface area contributed by atoms with E-state index in [1.165, 1.54) is 12.4 Å². The average Bonchev–Trinajstić information content (AvgIpc) is 2.27. The third-order valence-corrected chi connectivity index (χ3v) is 3.05. The number of nitrogens with one attached hydrogen (secondary N) is 2. The van der Waals surface area contributed by atoms with Gasteiger partial charge in [-0.15, -0.1) is 0 Å². The molecular weight excluding hydrogens is 240 g/mol. The van der Waals surface area contributed by atoms with Gasteiger partial charge in [-0.25, -0.2) is 0 Å². The smallest absolute Gasteiger partial charge is 0.255 e. The van der Waals surface area contributed by atoms with E-state index < -0.39 is 10.8 Å². The maximum absolute atomic E-state index is 11.9. The van der Waals surface area contributed by atoms with Crippen molar-refractivity contribution >= 4 is 22.4 Å². The summed E-state index contributed by atoms with van der Waals surface area (Å²) in [6.45, 7) is 1.80. The van der Waals surface area contributed by atoms with Crippen LogP contribution in [0.2, 0.25) is 0 Å². The molecule has 1 aromatic rings. The van der Waals surface area contributed by atoms with Gasteiger partial charge in [-0.2, -0.15) is 0 Å². The van der Waals surface area contributed by atoms with Crippen molar-refractivity contribution in [3.05, 3.63) is 24.0 Å². The van der Waals surface area contributed by atoms with E-state index in [0.29, 0.717) is 17.0 Å². The first kappa shape index (κ1) is 13.6. The van der Waals surface area contributed by atoms with Gasteiger partial charge in [-0.3, -0.25) is 19.8 Å². The van der Waals surface area contributed by atoms with Crippen LogP contribution in [-0.2, 0) is 10.8 Å². The maximum Gasteiger partial charge on any atom is 0.255 e. The SMILES string of the molecule is CC(CS(C)=O)NC(=O)c1cnccc1NN. The summed E-state index contributed by atoms with van der Waals surface area (Å²) >= 11 is 0. The molecule has 1 amide bonds. The number of hydrogen-bond acceptors (Lipinski definition) is 5. The average molecular weight is 256 g/mol. The van der Waals surface area contributed by atoms with Gasteiger partial charge in [0.2, 0.25) is 0 Å². The molecule has 94 valence electrons. The highest BCUT2D eigenvalue weighted by Gasteiger charge is 2.14. The lowest BCUT2D eigenvalue weighted by molar-refractivity contribution is 0.0944. The zero-order chi connectivity index (χ0) is 12.8. The Morgan fingerprint density at radius 2 is 2.35 bits per heavy atom. The number of pyridine rings is 1. The first-order valence-electron chi connectivity index (χ1n) is 5.06. The van der Waals surface area contributed by atoms with Crippen LogP contribution in [0.25, 0.3) is 0 Å². The number of anilines is 1. The number of rotatable bonds is 5. The number of carbonyl (C=O) groups excluding carboxylic acids is 1. The van der Waals surface area contributed by atoms with Crippen LogP contribution in [0.1, 0.15) is 17.3 Å². The second-order valence-corrected chi connectivity index (χ2v) is 5.16. The van der Waals surface area contributed by atoms with Gasteiger partial charge in [0, 0.05) is 41.2 Å². The number of aromatic nitrogens is 1. The zero-order valence-corrected chi connectivity index (χ0v) is 10.6. The van der Waals surface area contributed by atoms with Gasteiger partial charge < -0.3 is 10.7 Å². The largest absolute Gasteiger partial charge is 0.349 e. The fraction of sp³-hybridized carbons (Fsp3) is 0.400. The lowest BCUT2D eigenvalue weighted by Gasteiger charge is -2.13. The Morgan fingerprint density at radius 3 is 2.94 bits per heavy atom. The summed E-state index contributed by atoms with van der Waals surface area (Å²) in [7, 11) is -0.946. The van der Waals surface area contributed by atoms with Crippen molar-refractivity contribution in [2.24, 2.45) is 5.84 Å². The minimum atomic E-state index is -0.946. The maximum atomic E-state index is 11.9. The first-order chi connectivity index (χ1) is 8.04. The van der Waals surface area contributed by atoms with E-state index >= 15 is 0 Å². The lowest BCUT2D eigenvalue weighted by atomic mass is 10.2. The molecule has 6 nitrogen and oxygen atoms in total. The summed E-state index contributed by atoms with van der Waals surface area (Å²) in [6, 6.07) is 1.44. The molecule has 17 heavy (non-hydrogen) atoms. The summed E-state index contributed by atoms with van der Waals surface area (Å²) in [5.41, 5.74) is 3.30. The van der Waals surface area contributed by atoms with Crippen molar-refractivity contribution in [2.75, 3.05) is 17.4 Å². The van der Waals surface area contributed by atoms with Crippen LogP contribution in [0.15, 0.2) is 18.5 Å². The minimum Gasteiger partial charge on any atom is -0.349 e. The third-order valence-electron chi connectivity index (χ3n) is 2.08. The Bertz CT molecular complexity index is 425. The molecule has 0 fully saturated rings. The Morgan fingerprint density at radius 1 is 1.65 bits per heavy atom. The Labute approximate surface area is 102 Å². The molecule has 0 saturated heterocycles. The summed E-state index contributed by atoms with van der Waals surface area (Å²) in [4.78, 5) is 15.7. The summed E-state index contributed by atoms with van der Waals surface area (Å²) < 4.78 is 11.0. The topological polar surface area (TPSA) is 97.1 Å². The molecule has 0 aliphatic carbocycles. The van der Waals surface area contributed by atoms with E-state index in [2.05, 4.69) is 15.7 Å². The molecule has 0 aliphatic rings. The number of nitrogens with zero attached hydrogens (tertiary/aromatic N) is 1. The van der Waals surface area contributed by atoms with Crippen LogP contribution in [0.5, 0.6) is 0 Å². The Hall–Kier alpha value is -1.47. The zero-order valence-electron chi connectivity index (χ0n) is 9.77. The van der Waals surface area contributed by atoms with Crippen molar-refractivity contribution < 1.29 is 9.00 Å². The van der Waals surface area contributed by atoms with Crippen LogP contribution >= 0.6 is 0 Å². The number of nitrogens with two attached hydrogens (primary N) is 1. The van der Waals surface area contributed by atoms with Crippen molar-refractivity contribution in [3.63, 3.8) is 0 Å². The number of nitrogen functional groups attached to an aromatic ring is 1. The molecule has 0 spiro atoms. The molecule has 0 saturated carbocycles. The monoisotopic (exact) mass is 256 g/mol. The highest BCUT2D eigenvalue weighted by atomic mass is 32.2. The third kappa shape index (κ3) is 4.12. The Kier molecular flexibility index (Phi) is 5.05. The lowest BCUT2D eigenvalue weighted by Crippen LogP contribution is -2.36. The number of hydrazine groups is 1. The molecule has 1 heterocycles. The van der Waals surface area contributed by atoms with Gasteiger partial charge in [0.05, 0.1) is 11.3 Å². The molecular formula is C10H16N4O2S. The van der Waals surface area contributed by atoms with Crippen LogP contribution in [0.4, 0.5) is 5.69 Å². The predicted octanol–water partition coefficient (Wildman–Crippen LogP) is -0.136. The number of amides is 1. The first-order valence-corrected chi connectivity index (χ1v) is 6.78. The van der Waals surface area contributed by atoms with Crippen LogP contribution in [-0.4, -0.2) is 33.2 Å². The second-order valence-electron chi connectivity index (χ2n) is 3.68. The van der Waals surface area contributed by atoms with E-state index in [9.17, 15) is 9.00 Å². The molecule has 0 aromatic carbocycles. The summed E-state index contributed by atoms with van der Waals surface area (Å²) in [6.07, 6.45) is 4.57. The van der Waals surface area contributed by atoms with Gasteiger partial charge in [-0.1, -0.05) is 0 Å². The fourth-order valence-corrected chi connectivity index (χ4v) is 2.18. The van der Waals surface area contributed by atoms with Crippen LogP contribution in [0, 0.1) is 0 Å². The van der Waals surface area contributed by atoms with E-state index in [0.717, 1.165) is 0 Å². The van der Waals surface area contributed by atoms with Gasteiger partial charge in [0.15, 0.2) is 0 Å². The molecule has 0 bridgehead atoms. The van der Waals surface area contributed by atoms with Gasteiger partial charge >= 0.3 is 0 Å². The number of hydrogen-bond donors (Lipinski definition) is 3. The van der Waals surface area contributed by atoms with Gasteiger partial charge in [0.25, 0.3) is 5.91 Å². The summed E-state index contributed by atoms with van der Waals surface area (Å²) in [5, 5.41) is 2.73. The van der Waals surface area contributed by atoms with E-state index in [4.69, 9.17) is 5.84 Å². The molecule has 0 radical (unpaired) electrons. The standard InChI is InChI=1S/C10H16N4O2S/c1-7(6-17(2)16)13-10(15)8-5-12-4-3-9(8)14-11/h3-5,7H,6,11H2,1-2H3,(H,12,14)(H,13,15). The highest BCUT2D eigenvalue weighted by molar-refractivity contribution is 7.84. The normalized spacial score (nSPS) is 13.8. The second kappa shape index (κ2) is 6.31. The molecule has 2 atom stereocenters. The van der Waals surface area contributed by atoms with Gasteiger partial charge in [-0.05, 0) is 13.0 Å². The van der Waals surface area contributed by atoms with Crippen LogP contribution < -0.4 is 16.6 Å². The van der Waals surface area contributed by atoms with Crippen LogP contribution in [0.3, 0.4) is 0 Å². The van der Waals surface area contributed by atoms with E-state index in [1.807, 2.05) is 0 Å². The highest BCUT2D eigenvalue weighted by Crippen LogP contribution is 2.11. The molecule has 1 aromatic heterocycles. The predicted molar refractivity (Wildman–Crippen MR) is 67.9 cm³/mol. The fourth-order valence-electron chi connectivity index (χ4n) is 1.40. The molecule has 1 rings (SSSR count). The van der Waals surface area contributed by atoms with Crippen molar-refractivity contribution in [1.29, 1.82) is 0 Å².